The first kappa shape index (κ1) is 18.3. The summed E-state index contributed by atoms with van der Waals surface area (Å²) in [6.07, 6.45) is 2.79. The van der Waals surface area contributed by atoms with Crippen LogP contribution in [-0.4, -0.2) is 38.9 Å². The molecule has 2 heterocycles. The summed E-state index contributed by atoms with van der Waals surface area (Å²) in [5.74, 6) is -0.220. The van der Waals surface area contributed by atoms with E-state index in [1.165, 1.54) is 17.2 Å². The molecule has 25 heavy (non-hydrogen) atoms. The first-order valence-corrected chi connectivity index (χ1v) is 10.8. The van der Waals surface area contributed by atoms with Gasteiger partial charge in [0.15, 0.2) is 0 Å². The van der Waals surface area contributed by atoms with Crippen molar-refractivity contribution >= 4 is 48.8 Å². The summed E-state index contributed by atoms with van der Waals surface area (Å²) >= 11 is 4.35. The molecule has 0 aliphatic carbocycles. The van der Waals surface area contributed by atoms with Gasteiger partial charge in [-0.1, -0.05) is 36.4 Å². The van der Waals surface area contributed by atoms with Crippen molar-refractivity contribution in [2.24, 2.45) is 0 Å². The number of nitrogens with zero attached hydrogens (tertiary/aromatic N) is 1. The number of hydrogen-bond donors (Lipinski definition) is 1. The topological polar surface area (TPSA) is 66.5 Å². The van der Waals surface area contributed by atoms with E-state index in [9.17, 15) is 13.2 Å². The van der Waals surface area contributed by atoms with Crippen molar-refractivity contribution in [1.82, 2.24) is 9.62 Å². The zero-order valence-electron chi connectivity index (χ0n) is 13.3. The lowest BCUT2D eigenvalue weighted by Gasteiger charge is -2.26. The quantitative estimate of drug-likeness (QED) is 0.776. The average Bonchev–Trinajstić information content (AvgIpc) is 3.08. The smallest absolute Gasteiger partial charge is 0.250 e. The highest BCUT2D eigenvalue weighted by molar-refractivity contribution is 9.11. The monoisotopic (exact) mass is 440 g/mol. The second kappa shape index (κ2) is 7.82. The standard InChI is InChI=1S/C17H17BrN2O3S2/c18-15-6-7-17(24-15)25(22,23)19-12-16(21)20-10-8-14(9-11-20)13-4-2-1-3-5-13/h1-8,19H,9-12H2. The molecule has 0 saturated carbocycles. The normalized spacial score (nSPS) is 15.1. The number of benzene rings is 1. The average molecular weight is 441 g/mol. The maximum Gasteiger partial charge on any atom is 0.250 e. The largest absolute Gasteiger partial charge is 0.337 e. The molecule has 0 unspecified atom stereocenters. The number of nitrogens with one attached hydrogen (secondary N) is 1. The molecular formula is C17H17BrN2O3S2. The molecule has 1 aliphatic rings. The van der Waals surface area contributed by atoms with E-state index in [2.05, 4.69) is 32.8 Å². The predicted molar refractivity (Wildman–Crippen MR) is 103 cm³/mol. The second-order valence-corrected chi connectivity index (χ2v) is 10.0. The lowest BCUT2D eigenvalue weighted by atomic mass is 9.99. The number of amides is 1. The van der Waals surface area contributed by atoms with E-state index in [1.807, 2.05) is 24.3 Å². The number of halogens is 1. The summed E-state index contributed by atoms with van der Waals surface area (Å²) in [7, 11) is -3.65. The van der Waals surface area contributed by atoms with E-state index in [-0.39, 0.29) is 16.7 Å². The van der Waals surface area contributed by atoms with Crippen LogP contribution in [0.1, 0.15) is 12.0 Å². The number of carbonyl (C=O) groups excluding carboxylic acids is 1. The van der Waals surface area contributed by atoms with Crippen molar-refractivity contribution < 1.29 is 13.2 Å². The molecule has 132 valence electrons. The molecule has 0 bridgehead atoms. The van der Waals surface area contributed by atoms with Crippen LogP contribution in [0.25, 0.3) is 5.57 Å². The zero-order chi connectivity index (χ0) is 17.9. The molecule has 2 aromatic rings. The Kier molecular flexibility index (Phi) is 5.73. The number of hydrogen-bond acceptors (Lipinski definition) is 4. The van der Waals surface area contributed by atoms with Gasteiger partial charge in [-0.05, 0) is 45.6 Å². The van der Waals surface area contributed by atoms with Gasteiger partial charge in [0, 0.05) is 13.1 Å². The van der Waals surface area contributed by atoms with Gasteiger partial charge >= 0.3 is 0 Å². The summed E-state index contributed by atoms with van der Waals surface area (Å²) in [5.41, 5.74) is 2.38. The SMILES string of the molecule is O=C(CNS(=O)(=O)c1ccc(Br)s1)N1CC=C(c2ccccc2)CC1. The summed E-state index contributed by atoms with van der Waals surface area (Å²) in [4.78, 5) is 14.0. The van der Waals surface area contributed by atoms with E-state index in [4.69, 9.17) is 0 Å². The maximum absolute atomic E-state index is 12.3. The molecule has 0 saturated heterocycles. The van der Waals surface area contributed by atoms with Crippen LogP contribution in [0.4, 0.5) is 0 Å². The minimum atomic E-state index is -3.65. The third-order valence-corrected chi connectivity index (χ3v) is 7.45. The minimum Gasteiger partial charge on any atom is -0.337 e. The van der Waals surface area contributed by atoms with E-state index < -0.39 is 10.0 Å². The van der Waals surface area contributed by atoms with E-state index >= 15 is 0 Å². The van der Waals surface area contributed by atoms with Crippen LogP contribution in [0.2, 0.25) is 0 Å². The molecule has 0 radical (unpaired) electrons. The van der Waals surface area contributed by atoms with Gasteiger partial charge in [-0.25, -0.2) is 13.1 Å². The van der Waals surface area contributed by atoms with E-state index in [0.717, 1.165) is 21.5 Å². The van der Waals surface area contributed by atoms with E-state index in [1.54, 1.807) is 11.0 Å². The van der Waals surface area contributed by atoms with Crippen molar-refractivity contribution in [3.8, 4) is 0 Å². The summed E-state index contributed by atoms with van der Waals surface area (Å²) in [6.45, 7) is 0.855. The number of rotatable bonds is 5. The first-order valence-electron chi connectivity index (χ1n) is 7.73. The molecule has 1 aromatic carbocycles. The summed E-state index contributed by atoms with van der Waals surface area (Å²) in [5, 5.41) is 0. The third-order valence-electron chi connectivity index (χ3n) is 3.93. The Labute approximate surface area is 159 Å². The fourth-order valence-electron chi connectivity index (χ4n) is 2.59. The highest BCUT2D eigenvalue weighted by Gasteiger charge is 2.22. The zero-order valence-corrected chi connectivity index (χ0v) is 16.5. The van der Waals surface area contributed by atoms with Gasteiger partial charge in [0.2, 0.25) is 5.91 Å². The second-order valence-electron chi connectivity index (χ2n) is 5.57. The van der Waals surface area contributed by atoms with Gasteiger partial charge in [0.25, 0.3) is 10.0 Å². The Balaban J connectivity index is 1.57. The summed E-state index contributed by atoms with van der Waals surface area (Å²) in [6, 6.07) is 13.2. The Morgan fingerprint density at radius 1 is 1.20 bits per heavy atom. The Morgan fingerprint density at radius 3 is 2.56 bits per heavy atom. The van der Waals surface area contributed by atoms with Crippen LogP contribution in [0.15, 0.2) is 56.5 Å². The van der Waals surface area contributed by atoms with Gasteiger partial charge in [-0.15, -0.1) is 11.3 Å². The van der Waals surface area contributed by atoms with Gasteiger partial charge in [0.05, 0.1) is 10.3 Å². The van der Waals surface area contributed by atoms with Crippen molar-refractivity contribution in [3.05, 3.63) is 57.9 Å². The Morgan fingerprint density at radius 2 is 1.96 bits per heavy atom. The highest BCUT2D eigenvalue weighted by atomic mass is 79.9. The lowest BCUT2D eigenvalue weighted by molar-refractivity contribution is -0.129. The predicted octanol–water partition coefficient (Wildman–Crippen LogP) is 3.10. The van der Waals surface area contributed by atoms with Gasteiger partial charge in [-0.3, -0.25) is 4.79 Å². The Bertz CT molecular complexity index is 892. The molecule has 8 heteroatoms. The van der Waals surface area contributed by atoms with Crippen LogP contribution in [-0.2, 0) is 14.8 Å². The number of thiophene rings is 1. The van der Waals surface area contributed by atoms with Crippen LogP contribution in [0.3, 0.4) is 0 Å². The molecular weight excluding hydrogens is 424 g/mol. The van der Waals surface area contributed by atoms with Gasteiger partial charge in [-0.2, -0.15) is 0 Å². The number of sulfonamides is 1. The molecule has 1 aliphatic heterocycles. The molecule has 0 spiro atoms. The van der Waals surface area contributed by atoms with Crippen molar-refractivity contribution in [2.75, 3.05) is 19.6 Å². The van der Waals surface area contributed by atoms with Crippen molar-refractivity contribution in [1.29, 1.82) is 0 Å². The molecule has 1 N–H and O–H groups in total. The Hall–Kier alpha value is -1.48. The maximum atomic E-state index is 12.3. The molecule has 1 amide bonds. The van der Waals surface area contributed by atoms with Crippen molar-refractivity contribution in [2.45, 2.75) is 10.6 Å². The van der Waals surface area contributed by atoms with E-state index in [0.29, 0.717) is 13.1 Å². The molecule has 1 aromatic heterocycles. The molecule has 0 atom stereocenters. The lowest BCUT2D eigenvalue weighted by Crippen LogP contribution is -2.41. The number of carbonyl (C=O) groups is 1. The van der Waals surface area contributed by atoms with Crippen LogP contribution >= 0.6 is 27.3 Å². The minimum absolute atomic E-state index is 0.192. The van der Waals surface area contributed by atoms with Crippen molar-refractivity contribution in [3.63, 3.8) is 0 Å². The fourth-order valence-corrected chi connectivity index (χ4v) is 5.62. The molecule has 5 nitrogen and oxygen atoms in total. The van der Waals surface area contributed by atoms with Crippen LogP contribution in [0.5, 0.6) is 0 Å². The third kappa shape index (κ3) is 4.58. The summed E-state index contributed by atoms with van der Waals surface area (Å²) < 4.78 is 27.6. The first-order chi connectivity index (χ1) is 12.0. The molecule has 0 fully saturated rings. The highest BCUT2D eigenvalue weighted by Crippen LogP contribution is 2.26. The van der Waals surface area contributed by atoms with Crippen LogP contribution in [0, 0.1) is 0 Å². The van der Waals surface area contributed by atoms with Gasteiger partial charge < -0.3 is 4.90 Å². The fraction of sp³-hybridized carbons (Fsp3) is 0.235. The van der Waals surface area contributed by atoms with Crippen LogP contribution < -0.4 is 4.72 Å². The van der Waals surface area contributed by atoms with Gasteiger partial charge in [0.1, 0.15) is 4.21 Å². The molecule has 3 rings (SSSR count).